The van der Waals surface area contributed by atoms with Gasteiger partial charge in [-0.05, 0) is 37.0 Å². The number of oxazole rings is 1. The predicted octanol–water partition coefficient (Wildman–Crippen LogP) is 3.38. The zero-order valence-electron chi connectivity index (χ0n) is 11.3. The Hall–Kier alpha value is -1.11. The molecule has 0 bridgehead atoms. The fraction of sp³-hybridized carbons (Fsp3) is 0.500. The summed E-state index contributed by atoms with van der Waals surface area (Å²) >= 11 is 3.43. The van der Waals surface area contributed by atoms with Gasteiger partial charge in [0.25, 0.3) is 0 Å². The van der Waals surface area contributed by atoms with Crippen molar-refractivity contribution in [3.63, 3.8) is 0 Å². The molecule has 2 heterocycles. The molecule has 1 aromatic heterocycles. The van der Waals surface area contributed by atoms with Crippen LogP contribution in [0.5, 0.6) is 0 Å². The highest BCUT2D eigenvalue weighted by Gasteiger charge is 2.21. The molecule has 1 aliphatic heterocycles. The van der Waals surface area contributed by atoms with Crippen LogP contribution in [0.15, 0.2) is 27.1 Å². The van der Waals surface area contributed by atoms with E-state index in [0.717, 1.165) is 48.2 Å². The molecule has 0 aliphatic carbocycles. The van der Waals surface area contributed by atoms with E-state index in [2.05, 4.69) is 20.9 Å². The second-order valence-corrected chi connectivity index (χ2v) is 5.82. The van der Waals surface area contributed by atoms with Crippen LogP contribution in [0.3, 0.4) is 0 Å². The summed E-state index contributed by atoms with van der Waals surface area (Å²) in [6.07, 6.45) is 2.09. The van der Waals surface area contributed by atoms with E-state index in [1.165, 1.54) is 0 Å². The molecule has 20 heavy (non-hydrogen) atoms. The molecule has 1 aromatic carbocycles. The summed E-state index contributed by atoms with van der Waals surface area (Å²) in [4.78, 5) is 9.91. The first-order valence-corrected chi connectivity index (χ1v) is 7.51. The third kappa shape index (κ3) is 2.97. The van der Waals surface area contributed by atoms with Gasteiger partial charge in [0.15, 0.2) is 5.58 Å². The topological polar surface area (TPSA) is 47.7 Å². The highest BCUT2D eigenvalue weighted by molar-refractivity contribution is 9.10. The fourth-order valence-corrected chi connectivity index (χ4v) is 2.74. The molecule has 0 amide bonds. The number of benzene rings is 1. The minimum Gasteiger partial charge on any atom is -0.422 e. The lowest BCUT2D eigenvalue weighted by molar-refractivity contribution is 0.0539. The first-order valence-electron chi connectivity index (χ1n) is 6.72. The van der Waals surface area contributed by atoms with Crippen molar-refractivity contribution in [3.05, 3.63) is 22.7 Å². The van der Waals surface area contributed by atoms with Gasteiger partial charge in [0.05, 0.1) is 13.7 Å². The number of ether oxygens (including phenoxy) is 1. The van der Waals surface area contributed by atoms with Crippen LogP contribution < -0.4 is 5.06 Å². The minimum absolute atomic E-state index is 0.507. The third-order valence-electron chi connectivity index (χ3n) is 3.54. The molecule has 2 aromatic rings. The van der Waals surface area contributed by atoms with E-state index >= 15 is 0 Å². The van der Waals surface area contributed by atoms with E-state index in [4.69, 9.17) is 14.0 Å². The molecular weight excluding hydrogens is 324 g/mol. The monoisotopic (exact) mass is 340 g/mol. The van der Waals surface area contributed by atoms with E-state index in [9.17, 15) is 0 Å². The molecule has 5 nitrogen and oxygen atoms in total. The molecule has 1 saturated heterocycles. The first kappa shape index (κ1) is 13.9. The Bertz CT molecular complexity index is 581. The Balaban J connectivity index is 1.79. The molecule has 0 atom stereocenters. The van der Waals surface area contributed by atoms with Crippen LogP contribution >= 0.6 is 15.9 Å². The third-order valence-corrected chi connectivity index (χ3v) is 4.03. The first-order chi connectivity index (χ1) is 9.76. The van der Waals surface area contributed by atoms with E-state index < -0.39 is 0 Å². The molecule has 0 unspecified atom stereocenters. The Morgan fingerprint density at radius 2 is 2.20 bits per heavy atom. The van der Waals surface area contributed by atoms with Gasteiger partial charge in [-0.1, -0.05) is 15.9 Å². The van der Waals surface area contributed by atoms with Crippen molar-refractivity contribution in [2.45, 2.75) is 12.8 Å². The van der Waals surface area contributed by atoms with Crippen molar-refractivity contribution in [3.8, 4) is 0 Å². The number of nitrogens with zero attached hydrogens (tertiary/aromatic N) is 2. The van der Waals surface area contributed by atoms with Crippen molar-refractivity contribution in [1.82, 2.24) is 4.98 Å². The second kappa shape index (κ2) is 6.11. The number of hydroxylamine groups is 1. The van der Waals surface area contributed by atoms with Crippen molar-refractivity contribution >= 4 is 33.0 Å². The van der Waals surface area contributed by atoms with Crippen molar-refractivity contribution in [2.75, 3.05) is 31.9 Å². The Labute approximate surface area is 125 Å². The highest BCUT2D eigenvalue weighted by atomic mass is 79.9. The predicted molar refractivity (Wildman–Crippen MR) is 79.6 cm³/mol. The Morgan fingerprint density at radius 1 is 1.40 bits per heavy atom. The Morgan fingerprint density at radius 3 is 2.95 bits per heavy atom. The Kier molecular flexibility index (Phi) is 4.24. The summed E-state index contributed by atoms with van der Waals surface area (Å²) in [5, 5.41) is 1.73. The van der Waals surface area contributed by atoms with Gasteiger partial charge >= 0.3 is 6.01 Å². The number of fused-ring (bicyclic) bond motifs is 1. The van der Waals surface area contributed by atoms with Gasteiger partial charge < -0.3 is 9.15 Å². The van der Waals surface area contributed by atoms with Crippen LogP contribution in [0.25, 0.3) is 11.1 Å². The van der Waals surface area contributed by atoms with Crippen molar-refractivity contribution in [2.24, 2.45) is 5.92 Å². The molecule has 108 valence electrons. The molecule has 0 N–H and O–H groups in total. The van der Waals surface area contributed by atoms with Crippen molar-refractivity contribution < 1.29 is 14.0 Å². The highest BCUT2D eigenvalue weighted by Crippen LogP contribution is 2.26. The zero-order valence-corrected chi connectivity index (χ0v) is 12.9. The maximum atomic E-state index is 5.76. The lowest BCUT2D eigenvalue weighted by Crippen LogP contribution is -2.31. The smallest absolute Gasteiger partial charge is 0.323 e. The lowest BCUT2D eigenvalue weighted by atomic mass is 10.0. The van der Waals surface area contributed by atoms with Gasteiger partial charge in [0.2, 0.25) is 0 Å². The number of anilines is 1. The number of hydrogen-bond donors (Lipinski definition) is 0. The molecule has 0 radical (unpaired) electrons. The standard InChI is InChI=1S/C14H17BrN2O3/c1-18-17(9-10-4-6-19-7-5-10)14-16-12-8-11(15)2-3-13(12)20-14/h2-3,8,10H,4-7,9H2,1H3. The molecule has 0 spiro atoms. The van der Waals surface area contributed by atoms with Gasteiger partial charge in [0, 0.05) is 17.7 Å². The fourth-order valence-electron chi connectivity index (χ4n) is 2.39. The zero-order chi connectivity index (χ0) is 13.9. The number of rotatable bonds is 4. The quantitative estimate of drug-likeness (QED) is 0.798. The van der Waals surface area contributed by atoms with E-state index in [-0.39, 0.29) is 0 Å². The van der Waals surface area contributed by atoms with Crippen molar-refractivity contribution in [1.29, 1.82) is 0 Å². The number of hydrogen-bond acceptors (Lipinski definition) is 5. The average Bonchev–Trinajstić information content (AvgIpc) is 2.88. The van der Waals surface area contributed by atoms with E-state index in [0.29, 0.717) is 11.9 Å². The van der Waals surface area contributed by atoms with Crippen LogP contribution in [0.2, 0.25) is 0 Å². The summed E-state index contributed by atoms with van der Waals surface area (Å²) in [5.74, 6) is 0.547. The van der Waals surface area contributed by atoms with Gasteiger partial charge in [-0.25, -0.2) is 5.06 Å². The maximum Gasteiger partial charge on any atom is 0.323 e. The molecule has 0 saturated carbocycles. The van der Waals surface area contributed by atoms with Gasteiger partial charge in [-0.2, -0.15) is 4.98 Å². The van der Waals surface area contributed by atoms with Crippen LogP contribution in [-0.2, 0) is 9.57 Å². The normalized spacial score (nSPS) is 16.7. The number of halogens is 1. The van der Waals surface area contributed by atoms with Gasteiger partial charge in [-0.15, -0.1) is 0 Å². The summed E-state index contributed by atoms with van der Waals surface area (Å²) in [6, 6.07) is 6.28. The summed E-state index contributed by atoms with van der Waals surface area (Å²) in [7, 11) is 1.64. The summed E-state index contributed by atoms with van der Waals surface area (Å²) in [6.45, 7) is 2.42. The van der Waals surface area contributed by atoms with Gasteiger partial charge in [0.1, 0.15) is 5.52 Å². The largest absolute Gasteiger partial charge is 0.422 e. The molecule has 1 aliphatic rings. The molecule has 6 heteroatoms. The van der Waals surface area contributed by atoms with Crippen LogP contribution in [0.4, 0.5) is 6.01 Å². The number of aromatic nitrogens is 1. The maximum absolute atomic E-state index is 5.76. The van der Waals surface area contributed by atoms with E-state index in [1.54, 1.807) is 12.2 Å². The van der Waals surface area contributed by atoms with Crippen LogP contribution in [0, 0.1) is 5.92 Å². The SMILES string of the molecule is CON(CC1CCOCC1)c1nc2cc(Br)ccc2o1. The molecule has 1 fully saturated rings. The van der Waals surface area contributed by atoms with E-state index in [1.807, 2.05) is 18.2 Å². The summed E-state index contributed by atoms with van der Waals surface area (Å²) < 4.78 is 12.1. The summed E-state index contributed by atoms with van der Waals surface area (Å²) in [5.41, 5.74) is 1.58. The average molecular weight is 341 g/mol. The lowest BCUT2D eigenvalue weighted by Gasteiger charge is -2.26. The minimum atomic E-state index is 0.507. The van der Waals surface area contributed by atoms with Crippen LogP contribution in [0.1, 0.15) is 12.8 Å². The molecule has 3 rings (SSSR count). The van der Waals surface area contributed by atoms with Crippen LogP contribution in [-0.4, -0.2) is 31.9 Å². The van der Waals surface area contributed by atoms with Gasteiger partial charge in [-0.3, -0.25) is 4.84 Å². The molecular formula is C14H17BrN2O3. The second-order valence-electron chi connectivity index (χ2n) is 4.91.